The Morgan fingerprint density at radius 3 is 2.40 bits per heavy atom. The summed E-state index contributed by atoms with van der Waals surface area (Å²) in [5.74, 6) is -1.38. The first kappa shape index (κ1) is 18.4. The van der Waals surface area contributed by atoms with Gasteiger partial charge in [-0.15, -0.1) is 0 Å². The smallest absolute Gasteiger partial charge is 0.227 e. The van der Waals surface area contributed by atoms with Crippen LogP contribution in [0.25, 0.3) is 6.08 Å². The molecular formula is C18H12BrCl2F2NO. The Balaban J connectivity index is 1.95. The van der Waals surface area contributed by atoms with Crippen molar-refractivity contribution in [2.75, 3.05) is 11.4 Å². The summed E-state index contributed by atoms with van der Waals surface area (Å²) in [4.78, 5) is 13.8. The van der Waals surface area contributed by atoms with Crippen molar-refractivity contribution >= 4 is 56.8 Å². The molecule has 0 atom stereocenters. The quantitative estimate of drug-likeness (QED) is 0.534. The number of anilines is 1. The van der Waals surface area contributed by atoms with E-state index in [4.69, 9.17) is 23.2 Å². The zero-order valence-corrected chi connectivity index (χ0v) is 15.9. The summed E-state index contributed by atoms with van der Waals surface area (Å²) >= 11 is 15.8. The molecule has 25 heavy (non-hydrogen) atoms. The molecule has 7 heteroatoms. The van der Waals surface area contributed by atoms with E-state index < -0.39 is 11.6 Å². The van der Waals surface area contributed by atoms with Crippen LogP contribution >= 0.6 is 39.1 Å². The number of benzene rings is 2. The molecular weight excluding hydrogens is 435 g/mol. The highest BCUT2D eigenvalue weighted by molar-refractivity contribution is 9.10. The van der Waals surface area contributed by atoms with Gasteiger partial charge in [-0.05, 0) is 36.3 Å². The van der Waals surface area contributed by atoms with Crippen molar-refractivity contribution in [1.29, 1.82) is 0 Å². The lowest BCUT2D eigenvalue weighted by atomic mass is 10.0. The summed E-state index contributed by atoms with van der Waals surface area (Å²) in [6, 6.07) is 6.73. The highest BCUT2D eigenvalue weighted by Crippen LogP contribution is 2.39. The number of carbonyl (C=O) groups excluding carboxylic acids is 1. The molecule has 1 aliphatic rings. The summed E-state index contributed by atoms with van der Waals surface area (Å²) in [6.07, 6.45) is 2.39. The molecule has 0 radical (unpaired) electrons. The summed E-state index contributed by atoms with van der Waals surface area (Å²) < 4.78 is 27.6. The van der Waals surface area contributed by atoms with Gasteiger partial charge in [0.15, 0.2) is 0 Å². The molecule has 1 amide bonds. The Labute approximate surface area is 162 Å². The fourth-order valence-electron chi connectivity index (χ4n) is 2.73. The molecule has 1 aliphatic heterocycles. The molecule has 0 unspecified atom stereocenters. The van der Waals surface area contributed by atoms with Gasteiger partial charge < -0.3 is 4.90 Å². The van der Waals surface area contributed by atoms with Gasteiger partial charge in [0.1, 0.15) is 11.6 Å². The van der Waals surface area contributed by atoms with E-state index in [2.05, 4.69) is 15.9 Å². The Kier molecular flexibility index (Phi) is 5.46. The van der Waals surface area contributed by atoms with Gasteiger partial charge >= 0.3 is 0 Å². The maximum absolute atomic E-state index is 13.9. The van der Waals surface area contributed by atoms with Crippen molar-refractivity contribution < 1.29 is 13.6 Å². The largest absolute Gasteiger partial charge is 0.305 e. The van der Waals surface area contributed by atoms with Crippen LogP contribution in [0.5, 0.6) is 0 Å². The highest BCUT2D eigenvalue weighted by Gasteiger charge is 2.26. The Hall–Kier alpha value is -1.43. The van der Waals surface area contributed by atoms with E-state index in [1.165, 1.54) is 17.0 Å². The van der Waals surface area contributed by atoms with Crippen LogP contribution in [0.2, 0.25) is 10.0 Å². The summed E-state index contributed by atoms with van der Waals surface area (Å²) in [6.45, 7) is 0.247. The normalized spacial score (nSPS) is 16.6. The number of rotatable bonds is 2. The second-order valence-electron chi connectivity index (χ2n) is 5.67. The Morgan fingerprint density at radius 1 is 1.08 bits per heavy atom. The van der Waals surface area contributed by atoms with E-state index >= 15 is 0 Å². The SMILES string of the molecule is O=C1CCC(=Cc2ccc(F)cc2F)CN1c1c(Cl)cc(Br)cc1Cl. The van der Waals surface area contributed by atoms with Crippen molar-refractivity contribution in [3.8, 4) is 0 Å². The molecule has 0 saturated carbocycles. The van der Waals surface area contributed by atoms with Crippen LogP contribution in [-0.4, -0.2) is 12.5 Å². The maximum atomic E-state index is 13.9. The molecule has 130 valence electrons. The van der Waals surface area contributed by atoms with Crippen LogP contribution in [0.4, 0.5) is 14.5 Å². The number of hydrogen-bond donors (Lipinski definition) is 0. The second kappa shape index (κ2) is 7.44. The predicted molar refractivity (Wildman–Crippen MR) is 100 cm³/mol. The summed E-state index contributed by atoms with van der Waals surface area (Å²) in [5, 5.41) is 0.698. The van der Waals surface area contributed by atoms with Gasteiger partial charge in [-0.1, -0.05) is 45.2 Å². The molecule has 3 rings (SSSR count). The molecule has 2 aromatic carbocycles. The maximum Gasteiger partial charge on any atom is 0.227 e. The molecule has 0 aromatic heterocycles. The third kappa shape index (κ3) is 4.05. The van der Waals surface area contributed by atoms with Crippen LogP contribution in [-0.2, 0) is 4.79 Å². The van der Waals surface area contributed by atoms with E-state index in [0.717, 1.165) is 11.6 Å². The molecule has 0 aliphatic carbocycles. The molecule has 2 nitrogen and oxygen atoms in total. The van der Waals surface area contributed by atoms with Crippen molar-refractivity contribution in [3.05, 3.63) is 67.6 Å². The first-order valence-electron chi connectivity index (χ1n) is 7.44. The monoisotopic (exact) mass is 445 g/mol. The number of nitrogens with zero attached hydrogens (tertiary/aromatic N) is 1. The van der Waals surface area contributed by atoms with Crippen molar-refractivity contribution in [2.45, 2.75) is 12.8 Å². The van der Waals surface area contributed by atoms with Gasteiger partial charge in [0.25, 0.3) is 0 Å². The van der Waals surface area contributed by atoms with E-state index in [-0.39, 0.29) is 24.4 Å². The van der Waals surface area contributed by atoms with Crippen LogP contribution in [0, 0.1) is 11.6 Å². The number of halogens is 5. The lowest BCUT2D eigenvalue weighted by molar-refractivity contribution is -0.119. The molecule has 0 spiro atoms. The Morgan fingerprint density at radius 2 is 1.76 bits per heavy atom. The number of amides is 1. The van der Waals surface area contributed by atoms with Crippen LogP contribution in [0.3, 0.4) is 0 Å². The third-order valence-corrected chi connectivity index (χ3v) is 4.93. The van der Waals surface area contributed by atoms with Crippen LogP contribution < -0.4 is 4.90 Å². The number of piperidine rings is 1. The minimum atomic E-state index is -0.643. The standard InChI is InChI=1S/C18H12BrCl2F2NO/c19-12-6-14(20)18(15(21)7-12)24-9-10(1-4-17(24)25)5-11-2-3-13(22)8-16(11)23/h2-3,5-8H,1,4,9H2. The minimum absolute atomic E-state index is 0.108. The van der Waals surface area contributed by atoms with E-state index in [9.17, 15) is 13.6 Å². The average Bonchev–Trinajstić information content (AvgIpc) is 2.52. The van der Waals surface area contributed by atoms with E-state index in [1.807, 2.05) is 0 Å². The lowest BCUT2D eigenvalue weighted by Gasteiger charge is -2.30. The highest BCUT2D eigenvalue weighted by atomic mass is 79.9. The molecule has 1 saturated heterocycles. The van der Waals surface area contributed by atoms with Gasteiger partial charge in [0.05, 0.1) is 15.7 Å². The van der Waals surface area contributed by atoms with Gasteiger partial charge in [0.2, 0.25) is 5.91 Å². The molecule has 2 aromatic rings. The minimum Gasteiger partial charge on any atom is -0.305 e. The summed E-state index contributed by atoms with van der Waals surface area (Å²) in [5.41, 5.74) is 1.54. The van der Waals surface area contributed by atoms with Crippen molar-refractivity contribution in [3.63, 3.8) is 0 Å². The zero-order chi connectivity index (χ0) is 18.1. The molecule has 0 bridgehead atoms. The van der Waals surface area contributed by atoms with Crippen LogP contribution in [0.1, 0.15) is 18.4 Å². The fourth-order valence-corrected chi connectivity index (χ4v) is 4.14. The fraction of sp³-hybridized carbons (Fsp3) is 0.167. The van der Waals surface area contributed by atoms with Crippen molar-refractivity contribution in [2.24, 2.45) is 0 Å². The first-order valence-corrected chi connectivity index (χ1v) is 8.99. The number of hydrogen-bond acceptors (Lipinski definition) is 1. The van der Waals surface area contributed by atoms with Crippen molar-refractivity contribution in [1.82, 2.24) is 0 Å². The summed E-state index contributed by atoms with van der Waals surface area (Å²) in [7, 11) is 0. The number of carbonyl (C=O) groups is 1. The predicted octanol–water partition coefficient (Wildman–Crippen LogP) is 6.24. The van der Waals surface area contributed by atoms with Gasteiger partial charge in [0, 0.05) is 29.1 Å². The van der Waals surface area contributed by atoms with Crippen LogP contribution in [0.15, 0.2) is 40.4 Å². The van der Waals surface area contributed by atoms with E-state index in [0.29, 0.717) is 26.6 Å². The topological polar surface area (TPSA) is 20.3 Å². The molecule has 0 N–H and O–H groups in total. The first-order chi connectivity index (χ1) is 11.8. The van der Waals surface area contributed by atoms with Gasteiger partial charge in [-0.2, -0.15) is 0 Å². The molecule has 1 heterocycles. The zero-order valence-electron chi connectivity index (χ0n) is 12.8. The molecule has 1 fully saturated rings. The second-order valence-corrected chi connectivity index (χ2v) is 7.40. The lowest BCUT2D eigenvalue weighted by Crippen LogP contribution is -2.37. The van der Waals surface area contributed by atoms with Gasteiger partial charge in [-0.3, -0.25) is 4.79 Å². The Bertz CT molecular complexity index is 862. The third-order valence-electron chi connectivity index (χ3n) is 3.90. The van der Waals surface area contributed by atoms with Gasteiger partial charge in [-0.25, -0.2) is 8.78 Å². The van der Waals surface area contributed by atoms with E-state index in [1.54, 1.807) is 18.2 Å². The average molecular weight is 447 g/mol.